The summed E-state index contributed by atoms with van der Waals surface area (Å²) in [6.45, 7) is 0.0247. The van der Waals surface area contributed by atoms with Gasteiger partial charge >= 0.3 is 0 Å². The van der Waals surface area contributed by atoms with Crippen molar-refractivity contribution in [2.45, 2.75) is 31.4 Å². The molecule has 18 heavy (non-hydrogen) atoms. The van der Waals surface area contributed by atoms with Gasteiger partial charge in [0.25, 0.3) is 0 Å². The molecule has 2 N–H and O–H groups in total. The molecule has 2 rings (SSSR count). The smallest absolute Gasteiger partial charge is 0.125 e. The molecular formula is C14H20FNO2. The minimum Gasteiger partial charge on any atom is -0.496 e. The van der Waals surface area contributed by atoms with Crippen molar-refractivity contribution in [1.29, 1.82) is 0 Å². The summed E-state index contributed by atoms with van der Waals surface area (Å²) in [5.74, 6) is 1.29. The van der Waals surface area contributed by atoms with E-state index in [1.807, 2.05) is 6.07 Å². The normalized spacial score (nSPS) is 17.1. The van der Waals surface area contributed by atoms with Crippen molar-refractivity contribution in [3.63, 3.8) is 0 Å². The van der Waals surface area contributed by atoms with Crippen LogP contribution in [0.15, 0.2) is 12.1 Å². The highest BCUT2D eigenvalue weighted by Gasteiger charge is 2.40. The molecule has 0 amide bonds. The molecule has 0 spiro atoms. The average Bonchev–Trinajstić information content (AvgIpc) is 2.37. The number of hydrogen-bond acceptors (Lipinski definition) is 3. The Hall–Kier alpha value is -1.29. The van der Waals surface area contributed by atoms with Gasteiger partial charge in [0.1, 0.15) is 18.2 Å². The Morgan fingerprint density at radius 1 is 1.22 bits per heavy atom. The zero-order valence-corrected chi connectivity index (χ0v) is 11.0. The van der Waals surface area contributed by atoms with Crippen molar-refractivity contribution < 1.29 is 13.9 Å². The molecular weight excluding hydrogens is 233 g/mol. The van der Waals surface area contributed by atoms with E-state index in [9.17, 15) is 4.39 Å². The summed E-state index contributed by atoms with van der Waals surface area (Å²) >= 11 is 0. The van der Waals surface area contributed by atoms with E-state index in [-0.39, 0.29) is 5.41 Å². The van der Waals surface area contributed by atoms with Crippen LogP contribution in [0, 0.1) is 0 Å². The van der Waals surface area contributed by atoms with Crippen molar-refractivity contribution in [3.8, 4) is 11.5 Å². The van der Waals surface area contributed by atoms with Crippen LogP contribution in [0.4, 0.5) is 4.39 Å². The zero-order chi connectivity index (χ0) is 13.2. The summed E-state index contributed by atoms with van der Waals surface area (Å²) in [5, 5.41) is 0. The second kappa shape index (κ2) is 5.14. The Labute approximate surface area is 107 Å². The van der Waals surface area contributed by atoms with Crippen LogP contribution in [0.25, 0.3) is 0 Å². The lowest BCUT2D eigenvalue weighted by molar-refractivity contribution is 0.242. The second-order valence-corrected chi connectivity index (χ2v) is 4.84. The van der Waals surface area contributed by atoms with Crippen molar-refractivity contribution in [2.24, 2.45) is 5.73 Å². The molecule has 0 aliphatic heterocycles. The summed E-state index contributed by atoms with van der Waals surface area (Å²) in [5.41, 5.74) is 7.46. The third-order valence-electron chi connectivity index (χ3n) is 4.02. The maximum absolute atomic E-state index is 12.9. The number of hydrogen-bond donors (Lipinski definition) is 1. The van der Waals surface area contributed by atoms with Gasteiger partial charge in [-0.25, -0.2) is 4.39 Å². The molecule has 0 saturated heterocycles. The first-order valence-corrected chi connectivity index (χ1v) is 6.22. The lowest BCUT2D eigenvalue weighted by Crippen LogP contribution is -2.41. The number of ether oxygens (including phenoxy) is 2. The lowest BCUT2D eigenvalue weighted by Gasteiger charge is -2.42. The van der Waals surface area contributed by atoms with Gasteiger partial charge in [-0.15, -0.1) is 0 Å². The molecule has 4 heteroatoms. The molecule has 100 valence electrons. The van der Waals surface area contributed by atoms with Crippen LogP contribution >= 0.6 is 0 Å². The topological polar surface area (TPSA) is 44.5 Å². The van der Waals surface area contributed by atoms with Gasteiger partial charge in [-0.2, -0.15) is 0 Å². The highest BCUT2D eigenvalue weighted by molar-refractivity contribution is 5.50. The van der Waals surface area contributed by atoms with E-state index in [4.69, 9.17) is 15.2 Å². The third-order valence-corrected chi connectivity index (χ3v) is 4.02. The van der Waals surface area contributed by atoms with Crippen LogP contribution in [0.1, 0.15) is 30.4 Å². The molecule has 1 aliphatic rings. The standard InChI is InChI=1S/C14H20FNO2/c1-17-12-7-11(14(9-16)4-3-5-14)13(18-2)6-10(12)8-15/h6-7H,3-5,8-9,16H2,1-2H3. The SMILES string of the molecule is COc1cc(C2(CN)CCC2)c(OC)cc1CF. The van der Waals surface area contributed by atoms with Crippen molar-refractivity contribution in [1.82, 2.24) is 0 Å². The molecule has 0 atom stereocenters. The van der Waals surface area contributed by atoms with E-state index in [1.165, 1.54) is 6.42 Å². The van der Waals surface area contributed by atoms with Gasteiger partial charge in [0.15, 0.2) is 0 Å². The fourth-order valence-electron chi connectivity index (χ4n) is 2.67. The summed E-state index contributed by atoms with van der Waals surface area (Å²) < 4.78 is 23.6. The summed E-state index contributed by atoms with van der Waals surface area (Å²) in [4.78, 5) is 0. The first-order chi connectivity index (χ1) is 8.70. The zero-order valence-electron chi connectivity index (χ0n) is 11.0. The molecule has 0 aromatic heterocycles. The number of nitrogens with two attached hydrogens (primary N) is 1. The molecule has 1 aromatic rings. The summed E-state index contributed by atoms with van der Waals surface area (Å²) in [6.07, 6.45) is 3.28. The van der Waals surface area contributed by atoms with Crippen LogP contribution in [-0.2, 0) is 12.1 Å². The largest absolute Gasteiger partial charge is 0.496 e. The van der Waals surface area contributed by atoms with Gasteiger partial charge in [0.05, 0.1) is 14.2 Å². The van der Waals surface area contributed by atoms with Crippen LogP contribution < -0.4 is 15.2 Å². The maximum atomic E-state index is 12.9. The van der Waals surface area contributed by atoms with Gasteiger partial charge in [-0.1, -0.05) is 6.42 Å². The number of halogens is 1. The van der Waals surface area contributed by atoms with Crippen molar-refractivity contribution >= 4 is 0 Å². The minimum absolute atomic E-state index is 0.0204. The first-order valence-electron chi connectivity index (χ1n) is 6.22. The second-order valence-electron chi connectivity index (χ2n) is 4.84. The average molecular weight is 253 g/mol. The number of methoxy groups -OCH3 is 2. The summed E-state index contributed by atoms with van der Waals surface area (Å²) in [7, 11) is 3.16. The predicted molar refractivity (Wildman–Crippen MR) is 68.9 cm³/mol. The predicted octanol–water partition coefficient (Wildman–Crippen LogP) is 2.55. The van der Waals surface area contributed by atoms with Crippen LogP contribution in [0.3, 0.4) is 0 Å². The highest BCUT2D eigenvalue weighted by atomic mass is 19.1. The fourth-order valence-corrected chi connectivity index (χ4v) is 2.67. The van der Waals surface area contributed by atoms with Gasteiger partial charge < -0.3 is 15.2 Å². The maximum Gasteiger partial charge on any atom is 0.125 e. The fraction of sp³-hybridized carbons (Fsp3) is 0.571. The Kier molecular flexibility index (Phi) is 3.76. The van der Waals surface area contributed by atoms with Crippen molar-refractivity contribution in [2.75, 3.05) is 20.8 Å². The summed E-state index contributed by atoms with van der Waals surface area (Å²) in [6, 6.07) is 3.61. The Morgan fingerprint density at radius 2 is 1.89 bits per heavy atom. The molecule has 3 nitrogen and oxygen atoms in total. The molecule has 1 aromatic carbocycles. The van der Waals surface area contributed by atoms with Crippen molar-refractivity contribution in [3.05, 3.63) is 23.3 Å². The molecule has 0 heterocycles. The van der Waals surface area contributed by atoms with E-state index >= 15 is 0 Å². The molecule has 0 radical (unpaired) electrons. The van der Waals surface area contributed by atoms with Crippen LogP contribution in [0.2, 0.25) is 0 Å². The third kappa shape index (κ3) is 1.94. The first kappa shape index (κ1) is 13.1. The Bertz CT molecular complexity index is 425. The number of benzene rings is 1. The lowest BCUT2D eigenvalue weighted by atomic mass is 9.64. The minimum atomic E-state index is -0.560. The van der Waals surface area contributed by atoms with Crippen LogP contribution in [0.5, 0.6) is 11.5 Å². The number of alkyl halides is 1. The number of rotatable bonds is 5. The van der Waals surface area contributed by atoms with Crippen LogP contribution in [-0.4, -0.2) is 20.8 Å². The Balaban J connectivity index is 2.51. The van der Waals surface area contributed by atoms with Gasteiger partial charge in [0.2, 0.25) is 0 Å². The van der Waals surface area contributed by atoms with E-state index in [0.717, 1.165) is 18.4 Å². The molecule has 0 unspecified atom stereocenters. The van der Waals surface area contributed by atoms with Gasteiger partial charge in [0, 0.05) is 23.1 Å². The molecule has 1 saturated carbocycles. The van der Waals surface area contributed by atoms with Gasteiger partial charge in [-0.05, 0) is 25.0 Å². The quantitative estimate of drug-likeness (QED) is 0.877. The monoisotopic (exact) mass is 253 g/mol. The van der Waals surface area contributed by atoms with Gasteiger partial charge in [-0.3, -0.25) is 0 Å². The Morgan fingerprint density at radius 3 is 2.28 bits per heavy atom. The van der Waals surface area contributed by atoms with E-state index in [0.29, 0.717) is 23.6 Å². The van der Waals surface area contributed by atoms with E-state index in [2.05, 4.69) is 0 Å². The van der Waals surface area contributed by atoms with E-state index in [1.54, 1.807) is 20.3 Å². The molecule has 1 fully saturated rings. The highest BCUT2D eigenvalue weighted by Crippen LogP contribution is 2.48. The van der Waals surface area contributed by atoms with E-state index < -0.39 is 6.67 Å². The molecule has 0 bridgehead atoms. The molecule has 1 aliphatic carbocycles.